The van der Waals surface area contributed by atoms with Gasteiger partial charge in [-0.05, 0) is 37.8 Å². The lowest BCUT2D eigenvalue weighted by molar-refractivity contribution is -0.385. The van der Waals surface area contributed by atoms with Gasteiger partial charge in [-0.25, -0.2) is 0 Å². The Morgan fingerprint density at radius 2 is 2.23 bits per heavy atom. The first-order valence-electron chi connectivity index (χ1n) is 3.81. The SMILES string of the molecule is O=[N+]([O-])c1cccc2c1C=C(I)C2. The molecule has 0 fully saturated rings. The van der Waals surface area contributed by atoms with Gasteiger partial charge in [0.15, 0.2) is 0 Å². The van der Waals surface area contributed by atoms with E-state index >= 15 is 0 Å². The standard InChI is InChI=1S/C9H6INO2/c10-7-4-6-2-1-3-9(11(12)13)8(6)5-7/h1-3,5H,4H2. The van der Waals surface area contributed by atoms with Crippen molar-refractivity contribution in [1.29, 1.82) is 0 Å². The summed E-state index contributed by atoms with van der Waals surface area (Å²) in [5.41, 5.74) is 2.04. The van der Waals surface area contributed by atoms with Crippen molar-refractivity contribution >= 4 is 34.4 Å². The highest BCUT2D eigenvalue weighted by Gasteiger charge is 2.20. The summed E-state index contributed by atoms with van der Waals surface area (Å²) in [6, 6.07) is 5.22. The summed E-state index contributed by atoms with van der Waals surface area (Å²) in [6.07, 6.45) is 2.71. The summed E-state index contributed by atoms with van der Waals surface area (Å²) in [5, 5.41) is 10.6. The van der Waals surface area contributed by atoms with Gasteiger partial charge in [0.25, 0.3) is 5.69 Å². The zero-order valence-corrected chi connectivity index (χ0v) is 8.82. The van der Waals surface area contributed by atoms with Crippen LogP contribution >= 0.6 is 22.6 Å². The number of hydrogen-bond donors (Lipinski definition) is 0. The van der Waals surface area contributed by atoms with Crippen molar-refractivity contribution < 1.29 is 4.92 Å². The Kier molecular flexibility index (Phi) is 2.07. The van der Waals surface area contributed by atoms with Crippen LogP contribution in [0.15, 0.2) is 21.8 Å². The maximum absolute atomic E-state index is 10.6. The van der Waals surface area contributed by atoms with Gasteiger partial charge in [-0.2, -0.15) is 0 Å². The largest absolute Gasteiger partial charge is 0.276 e. The molecular formula is C9H6INO2. The summed E-state index contributed by atoms with van der Waals surface area (Å²) in [4.78, 5) is 10.3. The average molecular weight is 287 g/mol. The fourth-order valence-corrected chi connectivity index (χ4v) is 2.19. The molecule has 0 bridgehead atoms. The number of nitrogens with zero attached hydrogens (tertiary/aromatic N) is 1. The first-order chi connectivity index (χ1) is 6.18. The molecule has 1 aromatic rings. The average Bonchev–Trinajstić information content (AvgIpc) is 2.43. The number of benzene rings is 1. The van der Waals surface area contributed by atoms with Gasteiger partial charge >= 0.3 is 0 Å². The highest BCUT2D eigenvalue weighted by atomic mass is 127. The molecule has 0 atom stereocenters. The number of hydrogen-bond acceptors (Lipinski definition) is 2. The summed E-state index contributed by atoms with van der Waals surface area (Å²) < 4.78 is 1.15. The summed E-state index contributed by atoms with van der Waals surface area (Å²) in [7, 11) is 0. The van der Waals surface area contributed by atoms with E-state index in [4.69, 9.17) is 0 Å². The third-order valence-electron chi connectivity index (χ3n) is 2.03. The van der Waals surface area contributed by atoms with E-state index in [-0.39, 0.29) is 10.6 Å². The Morgan fingerprint density at radius 1 is 1.46 bits per heavy atom. The van der Waals surface area contributed by atoms with Crippen LogP contribution in [0.3, 0.4) is 0 Å². The zero-order chi connectivity index (χ0) is 9.42. The second kappa shape index (κ2) is 3.10. The van der Waals surface area contributed by atoms with Crippen LogP contribution in [0.5, 0.6) is 0 Å². The molecule has 0 unspecified atom stereocenters. The molecule has 0 aliphatic heterocycles. The van der Waals surface area contributed by atoms with Crippen LogP contribution in [0, 0.1) is 10.1 Å². The lowest BCUT2D eigenvalue weighted by Gasteiger charge is -1.98. The van der Waals surface area contributed by atoms with Crippen molar-refractivity contribution in [2.24, 2.45) is 0 Å². The molecule has 0 aromatic heterocycles. The minimum Gasteiger partial charge on any atom is -0.258 e. The van der Waals surface area contributed by atoms with E-state index in [0.717, 1.165) is 21.1 Å². The predicted octanol–water partition coefficient (Wildman–Crippen LogP) is 2.93. The molecule has 3 nitrogen and oxygen atoms in total. The van der Waals surface area contributed by atoms with E-state index in [0.29, 0.717) is 0 Å². The van der Waals surface area contributed by atoms with Gasteiger partial charge in [-0.1, -0.05) is 12.1 Å². The topological polar surface area (TPSA) is 43.1 Å². The molecule has 4 heteroatoms. The van der Waals surface area contributed by atoms with Crippen LogP contribution in [0.25, 0.3) is 6.08 Å². The third-order valence-corrected chi connectivity index (χ3v) is 2.72. The summed E-state index contributed by atoms with van der Waals surface area (Å²) in [5.74, 6) is 0. The second-order valence-corrected chi connectivity index (χ2v) is 4.26. The minimum absolute atomic E-state index is 0.212. The van der Waals surface area contributed by atoms with Crippen LogP contribution in [-0.4, -0.2) is 4.92 Å². The molecule has 0 saturated carbocycles. The molecule has 13 heavy (non-hydrogen) atoms. The minimum atomic E-state index is -0.329. The van der Waals surface area contributed by atoms with Crippen LogP contribution in [0.2, 0.25) is 0 Å². The number of fused-ring (bicyclic) bond motifs is 1. The van der Waals surface area contributed by atoms with Gasteiger partial charge in [0, 0.05) is 12.5 Å². The molecule has 0 amide bonds. The predicted molar refractivity (Wildman–Crippen MR) is 58.8 cm³/mol. The molecule has 0 N–H and O–H groups in total. The third kappa shape index (κ3) is 1.46. The number of rotatable bonds is 1. The zero-order valence-electron chi connectivity index (χ0n) is 6.66. The van der Waals surface area contributed by atoms with Crippen molar-refractivity contribution in [2.75, 3.05) is 0 Å². The van der Waals surface area contributed by atoms with Gasteiger partial charge in [-0.15, -0.1) is 0 Å². The number of halogens is 1. The van der Waals surface area contributed by atoms with E-state index in [2.05, 4.69) is 22.6 Å². The molecule has 2 rings (SSSR count). The van der Waals surface area contributed by atoms with Crippen LogP contribution in [0.1, 0.15) is 11.1 Å². The fraction of sp³-hybridized carbons (Fsp3) is 0.111. The first kappa shape index (κ1) is 8.68. The Labute approximate surface area is 88.7 Å². The Hall–Kier alpha value is -0.910. The number of nitro benzene ring substituents is 1. The Morgan fingerprint density at radius 3 is 2.92 bits per heavy atom. The van der Waals surface area contributed by atoms with E-state index in [9.17, 15) is 10.1 Å². The van der Waals surface area contributed by atoms with Crippen molar-refractivity contribution in [3.63, 3.8) is 0 Å². The molecular weight excluding hydrogens is 281 g/mol. The Bertz CT molecular complexity index is 412. The van der Waals surface area contributed by atoms with Gasteiger partial charge in [0.05, 0.1) is 10.5 Å². The van der Waals surface area contributed by atoms with Crippen LogP contribution in [-0.2, 0) is 6.42 Å². The summed E-state index contributed by atoms with van der Waals surface area (Å²) in [6.45, 7) is 0. The molecule has 1 aliphatic carbocycles. The highest BCUT2D eigenvalue weighted by molar-refractivity contribution is 14.1. The maximum atomic E-state index is 10.6. The monoisotopic (exact) mass is 287 g/mol. The molecule has 0 heterocycles. The van der Waals surface area contributed by atoms with E-state index in [1.54, 1.807) is 12.1 Å². The van der Waals surface area contributed by atoms with Crippen molar-refractivity contribution in [2.45, 2.75) is 6.42 Å². The second-order valence-electron chi connectivity index (χ2n) is 2.88. The smallest absolute Gasteiger partial charge is 0.258 e. The molecule has 1 aromatic carbocycles. The van der Waals surface area contributed by atoms with Crippen molar-refractivity contribution in [3.05, 3.63) is 43.0 Å². The van der Waals surface area contributed by atoms with Gasteiger partial charge in [-0.3, -0.25) is 10.1 Å². The number of nitro groups is 1. The van der Waals surface area contributed by atoms with Gasteiger partial charge in [0.1, 0.15) is 0 Å². The molecule has 0 saturated heterocycles. The van der Waals surface area contributed by atoms with Crippen molar-refractivity contribution in [3.8, 4) is 0 Å². The van der Waals surface area contributed by atoms with Gasteiger partial charge < -0.3 is 0 Å². The molecule has 66 valence electrons. The fourth-order valence-electron chi connectivity index (χ4n) is 1.47. The first-order valence-corrected chi connectivity index (χ1v) is 4.88. The normalized spacial score (nSPS) is 13.8. The molecule has 0 radical (unpaired) electrons. The van der Waals surface area contributed by atoms with E-state index in [1.165, 1.54) is 0 Å². The molecule has 1 aliphatic rings. The maximum Gasteiger partial charge on any atom is 0.276 e. The highest BCUT2D eigenvalue weighted by Crippen LogP contribution is 2.34. The van der Waals surface area contributed by atoms with Crippen molar-refractivity contribution in [1.82, 2.24) is 0 Å². The van der Waals surface area contributed by atoms with E-state index < -0.39 is 0 Å². The van der Waals surface area contributed by atoms with Crippen LogP contribution < -0.4 is 0 Å². The quantitative estimate of drug-likeness (QED) is 0.453. The summed E-state index contributed by atoms with van der Waals surface area (Å²) >= 11 is 2.21. The van der Waals surface area contributed by atoms with Crippen LogP contribution in [0.4, 0.5) is 5.69 Å². The van der Waals surface area contributed by atoms with E-state index in [1.807, 2.05) is 12.1 Å². The van der Waals surface area contributed by atoms with Gasteiger partial charge in [0.2, 0.25) is 0 Å². The Balaban J connectivity index is 2.61. The molecule has 0 spiro atoms. The lowest BCUT2D eigenvalue weighted by atomic mass is 10.1. The number of allylic oxidation sites excluding steroid dienone is 1. The lowest BCUT2D eigenvalue weighted by Crippen LogP contribution is -1.92.